The minimum atomic E-state index is 0.461. The fraction of sp³-hybridized carbons (Fsp3) is 0.533. The lowest BCUT2D eigenvalue weighted by Gasteiger charge is -2.23. The molecule has 1 atom stereocenters. The summed E-state index contributed by atoms with van der Waals surface area (Å²) in [6.45, 7) is 4.14. The Bertz CT molecular complexity index is 552. The largest absolute Gasteiger partial charge is 0.354 e. The monoisotopic (exact) mass is 258 g/mol. The lowest BCUT2D eigenvalue weighted by atomic mass is 9.93. The molecule has 0 fully saturated rings. The molecule has 1 N–H and O–H groups in total. The first-order chi connectivity index (χ1) is 9.28. The predicted octanol–water partition coefficient (Wildman–Crippen LogP) is 2.41. The number of hydrogen-bond donors (Lipinski definition) is 1. The molecular weight excluding hydrogens is 236 g/mol. The van der Waals surface area contributed by atoms with Crippen molar-refractivity contribution in [3.8, 4) is 0 Å². The lowest BCUT2D eigenvalue weighted by Crippen LogP contribution is -2.24. The summed E-state index contributed by atoms with van der Waals surface area (Å²) in [6, 6.07) is 2.66. The van der Waals surface area contributed by atoms with Gasteiger partial charge in [0.25, 0.3) is 0 Å². The highest BCUT2D eigenvalue weighted by Crippen LogP contribution is 2.29. The van der Waals surface area contributed by atoms with Crippen LogP contribution in [0.1, 0.15) is 42.6 Å². The maximum Gasteiger partial charge on any atom is 0.0540 e. The lowest BCUT2D eigenvalue weighted by molar-refractivity contribution is 0.452. The molecule has 19 heavy (non-hydrogen) atoms. The Balaban J connectivity index is 1.67. The Morgan fingerprint density at radius 1 is 1.47 bits per heavy atom. The van der Waals surface area contributed by atoms with Crippen LogP contribution >= 0.6 is 0 Å². The maximum absolute atomic E-state index is 4.39. The predicted molar refractivity (Wildman–Crippen MR) is 75.8 cm³/mol. The van der Waals surface area contributed by atoms with Gasteiger partial charge >= 0.3 is 0 Å². The molecule has 3 rings (SSSR count). The number of aryl methyl sites for hydroxylation is 2. The molecule has 2 aromatic rings. The first-order valence-corrected chi connectivity index (χ1v) is 7.16. The zero-order valence-electron chi connectivity index (χ0n) is 11.8. The van der Waals surface area contributed by atoms with Gasteiger partial charge in [-0.2, -0.15) is 5.10 Å². The average Bonchev–Trinajstić information content (AvgIpc) is 3.04. The highest BCUT2D eigenvalue weighted by atomic mass is 15.3. The van der Waals surface area contributed by atoms with Crippen LogP contribution in [0.15, 0.2) is 24.7 Å². The van der Waals surface area contributed by atoms with Crippen LogP contribution in [0.25, 0.3) is 0 Å². The van der Waals surface area contributed by atoms with Gasteiger partial charge in [0.1, 0.15) is 0 Å². The minimum absolute atomic E-state index is 0.461. The van der Waals surface area contributed by atoms with Crippen molar-refractivity contribution >= 4 is 0 Å². The van der Waals surface area contributed by atoms with E-state index in [4.69, 9.17) is 0 Å². The fourth-order valence-electron chi connectivity index (χ4n) is 2.95. The van der Waals surface area contributed by atoms with Gasteiger partial charge in [0.05, 0.1) is 6.20 Å². The van der Waals surface area contributed by atoms with Crippen LogP contribution in [0.4, 0.5) is 0 Å². The van der Waals surface area contributed by atoms with E-state index in [1.54, 1.807) is 0 Å². The summed E-state index contributed by atoms with van der Waals surface area (Å²) in [4.78, 5) is 0. The molecular formula is C15H22N4. The second-order valence-corrected chi connectivity index (χ2v) is 5.35. The van der Waals surface area contributed by atoms with E-state index in [1.165, 1.54) is 29.7 Å². The first-order valence-electron chi connectivity index (χ1n) is 7.16. The van der Waals surface area contributed by atoms with E-state index in [0.29, 0.717) is 6.04 Å². The van der Waals surface area contributed by atoms with Gasteiger partial charge in [-0.15, -0.1) is 0 Å². The first kappa shape index (κ1) is 12.5. The van der Waals surface area contributed by atoms with Gasteiger partial charge in [-0.1, -0.05) is 0 Å². The summed E-state index contributed by atoms with van der Waals surface area (Å²) in [6.07, 6.45) is 10.0. The molecule has 0 radical (unpaired) electrons. The van der Waals surface area contributed by atoms with Crippen molar-refractivity contribution in [2.45, 2.75) is 45.3 Å². The van der Waals surface area contributed by atoms with Crippen molar-refractivity contribution < 1.29 is 0 Å². The molecule has 1 unspecified atom stereocenters. The molecule has 102 valence electrons. The molecule has 0 aliphatic heterocycles. The highest BCUT2D eigenvalue weighted by molar-refractivity contribution is 5.25. The van der Waals surface area contributed by atoms with Crippen molar-refractivity contribution in [3.63, 3.8) is 0 Å². The Hall–Kier alpha value is -1.55. The minimum Gasteiger partial charge on any atom is -0.354 e. The van der Waals surface area contributed by atoms with E-state index in [0.717, 1.165) is 19.5 Å². The van der Waals surface area contributed by atoms with E-state index in [1.807, 2.05) is 17.9 Å². The number of aromatic nitrogens is 3. The van der Waals surface area contributed by atoms with E-state index in [9.17, 15) is 0 Å². The van der Waals surface area contributed by atoms with Crippen LogP contribution in [0.3, 0.4) is 0 Å². The van der Waals surface area contributed by atoms with Gasteiger partial charge in [0.15, 0.2) is 0 Å². The van der Waals surface area contributed by atoms with Gasteiger partial charge in [0, 0.05) is 49.8 Å². The van der Waals surface area contributed by atoms with Gasteiger partial charge in [0.2, 0.25) is 0 Å². The van der Waals surface area contributed by atoms with E-state index in [-0.39, 0.29) is 0 Å². The van der Waals surface area contributed by atoms with Crippen LogP contribution in [0, 0.1) is 0 Å². The van der Waals surface area contributed by atoms with Crippen molar-refractivity contribution in [1.82, 2.24) is 19.7 Å². The van der Waals surface area contributed by atoms with E-state index < -0.39 is 0 Å². The molecule has 0 amide bonds. The third-order valence-corrected chi connectivity index (χ3v) is 4.11. The fourth-order valence-corrected chi connectivity index (χ4v) is 2.95. The smallest absolute Gasteiger partial charge is 0.0540 e. The van der Waals surface area contributed by atoms with E-state index in [2.05, 4.69) is 40.4 Å². The van der Waals surface area contributed by atoms with Crippen molar-refractivity contribution in [2.75, 3.05) is 0 Å². The molecule has 4 nitrogen and oxygen atoms in total. The maximum atomic E-state index is 4.39. The third-order valence-electron chi connectivity index (χ3n) is 4.11. The number of nitrogens with zero attached hydrogens (tertiary/aromatic N) is 3. The van der Waals surface area contributed by atoms with Crippen molar-refractivity contribution in [2.24, 2.45) is 7.05 Å². The summed E-state index contributed by atoms with van der Waals surface area (Å²) >= 11 is 0. The summed E-state index contributed by atoms with van der Waals surface area (Å²) < 4.78 is 4.24. The third kappa shape index (κ3) is 2.45. The van der Waals surface area contributed by atoms with E-state index >= 15 is 0 Å². The Morgan fingerprint density at radius 2 is 2.37 bits per heavy atom. The van der Waals surface area contributed by atoms with Crippen molar-refractivity contribution in [1.29, 1.82) is 0 Å². The Morgan fingerprint density at radius 3 is 3.16 bits per heavy atom. The van der Waals surface area contributed by atoms with Crippen molar-refractivity contribution in [3.05, 3.63) is 41.5 Å². The SMILES string of the molecule is CCn1ccc(CNC2CCCc3c2cnn3C)c1. The molecule has 0 bridgehead atoms. The van der Waals surface area contributed by atoms with Crippen LogP contribution in [0.5, 0.6) is 0 Å². The normalized spacial score (nSPS) is 18.5. The molecule has 0 saturated carbocycles. The second-order valence-electron chi connectivity index (χ2n) is 5.35. The second kappa shape index (κ2) is 5.21. The van der Waals surface area contributed by atoms with Crippen LogP contribution in [-0.4, -0.2) is 14.3 Å². The zero-order valence-corrected chi connectivity index (χ0v) is 11.8. The Kier molecular flexibility index (Phi) is 3.42. The summed E-state index contributed by atoms with van der Waals surface area (Å²) in [5.41, 5.74) is 4.15. The molecule has 0 saturated heterocycles. The molecule has 4 heteroatoms. The van der Waals surface area contributed by atoms with Gasteiger partial charge < -0.3 is 9.88 Å². The summed E-state index contributed by atoms with van der Waals surface area (Å²) in [5, 5.41) is 8.07. The molecule has 2 aromatic heterocycles. The molecule has 1 aliphatic carbocycles. The number of hydrogen-bond acceptors (Lipinski definition) is 2. The van der Waals surface area contributed by atoms with Gasteiger partial charge in [-0.3, -0.25) is 4.68 Å². The van der Waals surface area contributed by atoms with Gasteiger partial charge in [-0.25, -0.2) is 0 Å². The molecule has 2 heterocycles. The number of nitrogens with one attached hydrogen (secondary N) is 1. The standard InChI is InChI=1S/C15H22N4/c1-3-19-8-7-12(11-19)9-16-14-5-4-6-15-13(14)10-17-18(15)2/h7-8,10-11,14,16H,3-6,9H2,1-2H3. The Labute approximate surface area is 114 Å². The number of rotatable bonds is 4. The topological polar surface area (TPSA) is 34.8 Å². The molecule has 0 spiro atoms. The van der Waals surface area contributed by atoms with Crippen LogP contribution < -0.4 is 5.32 Å². The van der Waals surface area contributed by atoms with Crippen LogP contribution in [-0.2, 0) is 26.6 Å². The zero-order chi connectivity index (χ0) is 13.2. The van der Waals surface area contributed by atoms with Gasteiger partial charge in [-0.05, 0) is 37.8 Å². The molecule has 0 aromatic carbocycles. The summed E-state index contributed by atoms with van der Waals surface area (Å²) in [5.74, 6) is 0. The summed E-state index contributed by atoms with van der Waals surface area (Å²) in [7, 11) is 2.04. The number of fused-ring (bicyclic) bond motifs is 1. The quantitative estimate of drug-likeness (QED) is 0.914. The highest BCUT2D eigenvalue weighted by Gasteiger charge is 2.22. The van der Waals surface area contributed by atoms with Crippen LogP contribution in [0.2, 0.25) is 0 Å². The molecule has 1 aliphatic rings. The average molecular weight is 258 g/mol.